The van der Waals surface area contributed by atoms with E-state index in [2.05, 4.69) is 29.6 Å². The minimum absolute atomic E-state index is 0.157. The molecule has 1 aliphatic carbocycles. The molecule has 4 rings (SSSR count). The zero-order valence-electron chi connectivity index (χ0n) is 14.5. The summed E-state index contributed by atoms with van der Waals surface area (Å²) in [4.78, 5) is 12.8. The molecule has 0 heterocycles. The van der Waals surface area contributed by atoms with E-state index in [9.17, 15) is 4.79 Å². The predicted octanol–water partition coefficient (Wildman–Crippen LogP) is 4.73. The summed E-state index contributed by atoms with van der Waals surface area (Å²) in [6.07, 6.45) is 2.15. The monoisotopic (exact) mass is 331 g/mol. The van der Waals surface area contributed by atoms with Crippen LogP contribution in [0, 0.1) is 0 Å². The summed E-state index contributed by atoms with van der Waals surface area (Å²) in [5.74, 6) is 0.526. The molecule has 0 fully saturated rings. The number of hydrogen-bond donors (Lipinski definition) is 1. The zero-order chi connectivity index (χ0) is 17.4. The number of para-hydroxylation sites is 1. The highest BCUT2D eigenvalue weighted by Gasteiger charge is 2.30. The molecule has 0 aromatic heterocycles. The summed E-state index contributed by atoms with van der Waals surface area (Å²) in [6, 6.07) is 19.9. The van der Waals surface area contributed by atoms with Crippen LogP contribution in [0.1, 0.15) is 25.0 Å². The van der Waals surface area contributed by atoms with Crippen LogP contribution in [0.25, 0.3) is 10.8 Å². The van der Waals surface area contributed by atoms with Crippen molar-refractivity contribution < 1.29 is 9.53 Å². The molecule has 0 radical (unpaired) electrons. The minimum atomic E-state index is -0.968. The maximum atomic E-state index is 12.8. The van der Waals surface area contributed by atoms with E-state index >= 15 is 0 Å². The van der Waals surface area contributed by atoms with Crippen molar-refractivity contribution in [2.45, 2.75) is 32.3 Å². The highest BCUT2D eigenvalue weighted by molar-refractivity contribution is 6.07. The van der Waals surface area contributed by atoms with Crippen LogP contribution in [0.3, 0.4) is 0 Å². The van der Waals surface area contributed by atoms with Gasteiger partial charge in [-0.25, -0.2) is 0 Å². The number of carbonyl (C=O) groups is 1. The smallest absolute Gasteiger partial charge is 0.267 e. The van der Waals surface area contributed by atoms with Crippen molar-refractivity contribution in [3.05, 3.63) is 71.8 Å². The first-order valence-electron chi connectivity index (χ1n) is 8.63. The molecule has 25 heavy (non-hydrogen) atoms. The Morgan fingerprint density at radius 3 is 2.40 bits per heavy atom. The minimum Gasteiger partial charge on any atom is -0.478 e. The van der Waals surface area contributed by atoms with Gasteiger partial charge in [0.25, 0.3) is 5.91 Å². The summed E-state index contributed by atoms with van der Waals surface area (Å²) < 4.78 is 5.90. The molecule has 3 aromatic rings. The van der Waals surface area contributed by atoms with Gasteiger partial charge in [0, 0.05) is 11.1 Å². The maximum absolute atomic E-state index is 12.8. The largest absolute Gasteiger partial charge is 0.478 e. The lowest BCUT2D eigenvalue weighted by atomic mass is 10.0. The Balaban J connectivity index is 1.62. The molecule has 1 aliphatic rings. The van der Waals surface area contributed by atoms with Gasteiger partial charge in [0.15, 0.2) is 5.60 Å². The number of carbonyl (C=O) groups excluding carboxylic acids is 1. The third-order valence-electron chi connectivity index (χ3n) is 4.79. The second-order valence-electron chi connectivity index (χ2n) is 6.99. The number of ether oxygens (including phenoxy) is 1. The van der Waals surface area contributed by atoms with Gasteiger partial charge < -0.3 is 10.1 Å². The molecule has 0 unspecified atom stereocenters. The predicted molar refractivity (Wildman–Crippen MR) is 101 cm³/mol. The molecule has 0 saturated carbocycles. The second kappa shape index (κ2) is 5.92. The molecule has 3 nitrogen and oxygen atoms in total. The summed E-state index contributed by atoms with van der Waals surface area (Å²) in [5.41, 5.74) is 2.61. The molecule has 126 valence electrons. The van der Waals surface area contributed by atoms with E-state index in [-0.39, 0.29) is 5.91 Å². The van der Waals surface area contributed by atoms with Crippen molar-refractivity contribution in [2.24, 2.45) is 0 Å². The normalized spacial score (nSPS) is 13.0. The van der Waals surface area contributed by atoms with Gasteiger partial charge in [-0.1, -0.05) is 42.5 Å². The summed E-state index contributed by atoms with van der Waals surface area (Å²) in [5, 5.41) is 5.47. The molecule has 3 heteroatoms. The van der Waals surface area contributed by atoms with Gasteiger partial charge in [-0.3, -0.25) is 4.79 Å². The molecule has 3 aromatic carbocycles. The Hall–Kier alpha value is -2.81. The number of amides is 1. The highest BCUT2D eigenvalue weighted by Crippen LogP contribution is 2.35. The standard InChI is InChI=1S/C22H21NO2/c1-22(2,25-17-8-4-3-5-9-17)21(24)23-19-14-13-16-12-11-15-7-6-10-18(19)20(15)16/h3-10,13-14H,11-12H2,1-2H3,(H,23,24). The van der Waals surface area contributed by atoms with Crippen molar-refractivity contribution >= 4 is 22.4 Å². The first kappa shape index (κ1) is 15.7. The molecule has 0 spiro atoms. The highest BCUT2D eigenvalue weighted by atomic mass is 16.5. The molecule has 0 aliphatic heterocycles. The van der Waals surface area contributed by atoms with Crippen LogP contribution in [0.2, 0.25) is 0 Å². The average molecular weight is 331 g/mol. The van der Waals surface area contributed by atoms with Crippen molar-refractivity contribution in [2.75, 3.05) is 5.32 Å². The second-order valence-corrected chi connectivity index (χ2v) is 6.99. The maximum Gasteiger partial charge on any atom is 0.267 e. The zero-order valence-corrected chi connectivity index (χ0v) is 14.5. The Labute approximate surface area is 147 Å². The van der Waals surface area contributed by atoms with E-state index in [0.29, 0.717) is 5.75 Å². The SMILES string of the molecule is CC(C)(Oc1ccccc1)C(=O)Nc1ccc2c3c(cccc13)CC2. The lowest BCUT2D eigenvalue weighted by molar-refractivity contribution is -0.128. The molecule has 0 saturated heterocycles. The Bertz CT molecular complexity index is 935. The first-order chi connectivity index (χ1) is 12.0. The van der Waals surface area contributed by atoms with E-state index in [1.807, 2.05) is 36.4 Å². The Morgan fingerprint density at radius 2 is 1.64 bits per heavy atom. The van der Waals surface area contributed by atoms with E-state index in [1.165, 1.54) is 16.5 Å². The fraction of sp³-hybridized carbons (Fsp3) is 0.227. The summed E-state index contributed by atoms with van der Waals surface area (Å²) in [7, 11) is 0. The van der Waals surface area contributed by atoms with Crippen LogP contribution in [-0.4, -0.2) is 11.5 Å². The van der Waals surface area contributed by atoms with Gasteiger partial charge in [-0.05, 0) is 61.4 Å². The van der Waals surface area contributed by atoms with Crippen molar-refractivity contribution in [1.82, 2.24) is 0 Å². The number of rotatable bonds is 4. The van der Waals surface area contributed by atoms with Crippen LogP contribution in [0.15, 0.2) is 60.7 Å². The molecule has 0 atom stereocenters. The van der Waals surface area contributed by atoms with Crippen LogP contribution < -0.4 is 10.1 Å². The average Bonchev–Trinajstić information content (AvgIpc) is 3.03. The quantitative estimate of drug-likeness (QED) is 0.750. The van der Waals surface area contributed by atoms with E-state index in [0.717, 1.165) is 23.9 Å². The molecule has 1 amide bonds. The number of benzene rings is 3. The lowest BCUT2D eigenvalue weighted by Gasteiger charge is -2.25. The van der Waals surface area contributed by atoms with Gasteiger partial charge >= 0.3 is 0 Å². The lowest BCUT2D eigenvalue weighted by Crippen LogP contribution is -2.42. The number of nitrogens with one attached hydrogen (secondary N) is 1. The van der Waals surface area contributed by atoms with Crippen LogP contribution in [-0.2, 0) is 17.6 Å². The molecular weight excluding hydrogens is 310 g/mol. The molecule has 0 bridgehead atoms. The fourth-order valence-electron chi connectivity index (χ4n) is 3.46. The Kier molecular flexibility index (Phi) is 3.72. The molecular formula is C22H21NO2. The van der Waals surface area contributed by atoms with Crippen LogP contribution in [0.4, 0.5) is 5.69 Å². The summed E-state index contributed by atoms with van der Waals surface area (Å²) in [6.45, 7) is 3.57. The van der Waals surface area contributed by atoms with Gasteiger partial charge in [0.05, 0.1) is 0 Å². The van der Waals surface area contributed by atoms with Crippen molar-refractivity contribution in [3.8, 4) is 5.75 Å². The summed E-state index contributed by atoms with van der Waals surface area (Å²) >= 11 is 0. The Morgan fingerprint density at radius 1 is 0.920 bits per heavy atom. The van der Waals surface area contributed by atoms with Gasteiger partial charge in [0.1, 0.15) is 5.75 Å². The van der Waals surface area contributed by atoms with Crippen molar-refractivity contribution in [3.63, 3.8) is 0 Å². The van der Waals surface area contributed by atoms with E-state index < -0.39 is 5.60 Å². The fourth-order valence-corrected chi connectivity index (χ4v) is 3.46. The van der Waals surface area contributed by atoms with E-state index in [4.69, 9.17) is 4.74 Å². The number of anilines is 1. The van der Waals surface area contributed by atoms with Crippen LogP contribution in [0.5, 0.6) is 5.75 Å². The topological polar surface area (TPSA) is 38.3 Å². The number of hydrogen-bond acceptors (Lipinski definition) is 2. The van der Waals surface area contributed by atoms with Gasteiger partial charge in [-0.15, -0.1) is 0 Å². The van der Waals surface area contributed by atoms with Gasteiger partial charge in [0.2, 0.25) is 0 Å². The van der Waals surface area contributed by atoms with E-state index in [1.54, 1.807) is 13.8 Å². The third-order valence-corrected chi connectivity index (χ3v) is 4.79. The molecule has 1 N–H and O–H groups in total. The third kappa shape index (κ3) is 2.86. The van der Waals surface area contributed by atoms with Crippen molar-refractivity contribution in [1.29, 1.82) is 0 Å². The van der Waals surface area contributed by atoms with Crippen LogP contribution >= 0.6 is 0 Å². The first-order valence-corrected chi connectivity index (χ1v) is 8.63. The van der Waals surface area contributed by atoms with Gasteiger partial charge in [-0.2, -0.15) is 0 Å². The number of aryl methyl sites for hydroxylation is 2.